The van der Waals surface area contributed by atoms with Gasteiger partial charge in [0.1, 0.15) is 5.75 Å². The van der Waals surface area contributed by atoms with Crippen molar-refractivity contribution < 1.29 is 18.6 Å². The molecule has 0 spiro atoms. The zero-order valence-corrected chi connectivity index (χ0v) is 14.7. The highest BCUT2D eigenvalue weighted by Crippen LogP contribution is 2.29. The molecular formula is C20H14F2N4O2. The smallest absolute Gasteiger partial charge is 0.325 e. The molecule has 0 atom stereocenters. The summed E-state index contributed by atoms with van der Waals surface area (Å²) in [5, 5.41) is 10.5. The van der Waals surface area contributed by atoms with Crippen molar-refractivity contribution in [3.63, 3.8) is 0 Å². The summed E-state index contributed by atoms with van der Waals surface area (Å²) >= 11 is 0. The minimum absolute atomic E-state index is 0.0142. The highest BCUT2D eigenvalue weighted by molar-refractivity contribution is 5.82. The van der Waals surface area contributed by atoms with Crippen LogP contribution in [0, 0.1) is 11.6 Å². The third-order valence-corrected chi connectivity index (χ3v) is 4.18. The summed E-state index contributed by atoms with van der Waals surface area (Å²) in [4.78, 5) is 13.8. The fourth-order valence-corrected chi connectivity index (χ4v) is 2.67. The Hall–Kier alpha value is -3.81. The Morgan fingerprint density at radius 2 is 1.68 bits per heavy atom. The maximum Gasteiger partial charge on any atom is 0.325 e. The number of benzene rings is 2. The molecule has 0 bridgehead atoms. The Labute approximate surface area is 158 Å². The number of aromatic hydroxyl groups is 1. The highest BCUT2D eigenvalue weighted by Gasteiger charge is 2.11. The van der Waals surface area contributed by atoms with Crippen LogP contribution < -0.4 is 9.64 Å². The molecule has 2 heterocycles. The predicted molar refractivity (Wildman–Crippen MR) is 99.9 cm³/mol. The zero-order chi connectivity index (χ0) is 19.7. The molecule has 28 heavy (non-hydrogen) atoms. The van der Waals surface area contributed by atoms with E-state index in [2.05, 4.69) is 15.0 Å². The second-order valence-corrected chi connectivity index (χ2v) is 5.98. The molecule has 1 N–H and O–H groups in total. The van der Waals surface area contributed by atoms with Crippen molar-refractivity contribution in [2.24, 2.45) is 0 Å². The van der Waals surface area contributed by atoms with E-state index in [9.17, 15) is 13.9 Å². The Balaban J connectivity index is 1.55. The van der Waals surface area contributed by atoms with Gasteiger partial charge < -0.3 is 14.7 Å². The van der Waals surface area contributed by atoms with Crippen LogP contribution in [-0.2, 0) is 0 Å². The van der Waals surface area contributed by atoms with Gasteiger partial charge in [0, 0.05) is 30.7 Å². The van der Waals surface area contributed by atoms with Gasteiger partial charge in [-0.15, -0.1) is 0 Å². The summed E-state index contributed by atoms with van der Waals surface area (Å²) in [5.74, 6) is -1.55. The summed E-state index contributed by atoms with van der Waals surface area (Å²) < 4.78 is 32.2. The van der Waals surface area contributed by atoms with E-state index in [-0.39, 0.29) is 11.9 Å². The van der Waals surface area contributed by atoms with E-state index in [1.165, 1.54) is 18.5 Å². The Morgan fingerprint density at radius 1 is 0.929 bits per heavy atom. The molecule has 0 amide bonds. The number of fused-ring (bicyclic) bond motifs is 1. The molecule has 0 fully saturated rings. The van der Waals surface area contributed by atoms with Crippen LogP contribution in [0.25, 0.3) is 10.9 Å². The minimum Gasteiger partial charge on any atom is -0.493 e. The van der Waals surface area contributed by atoms with E-state index in [0.29, 0.717) is 22.3 Å². The second-order valence-electron chi connectivity index (χ2n) is 5.98. The van der Waals surface area contributed by atoms with Crippen LogP contribution in [0.15, 0.2) is 60.9 Å². The van der Waals surface area contributed by atoms with Crippen molar-refractivity contribution in [3.05, 3.63) is 72.6 Å². The maximum atomic E-state index is 13.4. The van der Waals surface area contributed by atoms with E-state index >= 15 is 0 Å². The Morgan fingerprint density at radius 3 is 2.43 bits per heavy atom. The van der Waals surface area contributed by atoms with Crippen molar-refractivity contribution in [2.45, 2.75) is 0 Å². The van der Waals surface area contributed by atoms with Gasteiger partial charge in [-0.1, -0.05) is 0 Å². The summed E-state index contributed by atoms with van der Waals surface area (Å²) in [7, 11) is 1.74. The van der Waals surface area contributed by atoms with Crippen LogP contribution in [0.3, 0.4) is 0 Å². The van der Waals surface area contributed by atoms with E-state index in [1.54, 1.807) is 42.3 Å². The first-order valence-electron chi connectivity index (χ1n) is 8.29. The quantitative estimate of drug-likeness (QED) is 0.559. The Bertz CT molecular complexity index is 1150. The number of rotatable bonds is 4. The average Bonchev–Trinajstić information content (AvgIpc) is 2.70. The van der Waals surface area contributed by atoms with Gasteiger partial charge in [-0.3, -0.25) is 4.98 Å². The standard InChI is InChI=1S/C20H14F2N4O2/c1-26(13-4-7-16(21)17(22)10-13)12-2-5-14(6-3-12)28-20-24-18-11-23-9-8-15(18)19(27)25-20/h2-11H,1H3,(H,24,25,27). The van der Waals surface area contributed by atoms with Gasteiger partial charge in [0.05, 0.1) is 17.1 Å². The zero-order valence-electron chi connectivity index (χ0n) is 14.7. The van der Waals surface area contributed by atoms with Crippen LogP contribution >= 0.6 is 0 Å². The SMILES string of the molecule is CN(c1ccc(Oc2nc(O)c3ccncc3n2)cc1)c1ccc(F)c(F)c1. The number of nitrogens with zero attached hydrogens (tertiary/aromatic N) is 4. The first-order valence-corrected chi connectivity index (χ1v) is 8.29. The highest BCUT2D eigenvalue weighted by atomic mass is 19.2. The fraction of sp³-hybridized carbons (Fsp3) is 0.0500. The van der Waals surface area contributed by atoms with Crippen molar-refractivity contribution in [1.82, 2.24) is 15.0 Å². The van der Waals surface area contributed by atoms with Gasteiger partial charge >= 0.3 is 6.01 Å². The molecular weight excluding hydrogens is 366 g/mol. The van der Waals surface area contributed by atoms with Crippen molar-refractivity contribution in [1.29, 1.82) is 0 Å². The number of halogens is 2. The number of ether oxygens (including phenoxy) is 1. The van der Waals surface area contributed by atoms with E-state index in [1.807, 2.05) is 0 Å². The van der Waals surface area contributed by atoms with Gasteiger partial charge in [0.2, 0.25) is 5.88 Å². The molecule has 0 saturated heterocycles. The number of aromatic nitrogens is 3. The monoisotopic (exact) mass is 380 g/mol. The first kappa shape index (κ1) is 17.6. The maximum absolute atomic E-state index is 13.4. The molecule has 0 unspecified atom stereocenters. The predicted octanol–water partition coefficient (Wildman–Crippen LogP) is 4.57. The molecule has 140 valence electrons. The van der Waals surface area contributed by atoms with Gasteiger partial charge in [-0.05, 0) is 42.5 Å². The summed E-state index contributed by atoms with van der Waals surface area (Å²) in [5.41, 5.74) is 1.70. The van der Waals surface area contributed by atoms with Gasteiger partial charge in [-0.2, -0.15) is 9.97 Å². The van der Waals surface area contributed by atoms with Gasteiger partial charge in [-0.25, -0.2) is 8.78 Å². The van der Waals surface area contributed by atoms with Gasteiger partial charge in [0.15, 0.2) is 11.6 Å². The molecule has 4 rings (SSSR count). The van der Waals surface area contributed by atoms with Crippen molar-refractivity contribution >= 4 is 22.3 Å². The number of hydrogen-bond donors (Lipinski definition) is 1. The van der Waals surface area contributed by atoms with Crippen LogP contribution in [0.1, 0.15) is 0 Å². The largest absolute Gasteiger partial charge is 0.493 e. The molecule has 0 radical (unpaired) electrons. The van der Waals surface area contributed by atoms with Crippen molar-refractivity contribution in [2.75, 3.05) is 11.9 Å². The Kier molecular flexibility index (Phi) is 4.44. The number of anilines is 2. The number of hydrogen-bond acceptors (Lipinski definition) is 6. The molecule has 6 nitrogen and oxygen atoms in total. The van der Waals surface area contributed by atoms with E-state index in [4.69, 9.17) is 4.74 Å². The van der Waals surface area contributed by atoms with E-state index in [0.717, 1.165) is 17.8 Å². The molecule has 0 aliphatic heterocycles. The minimum atomic E-state index is -0.910. The molecule has 2 aromatic carbocycles. The first-order chi connectivity index (χ1) is 13.5. The lowest BCUT2D eigenvalue weighted by molar-refractivity contribution is 0.412. The molecule has 4 aromatic rings. The van der Waals surface area contributed by atoms with E-state index < -0.39 is 11.6 Å². The fourth-order valence-electron chi connectivity index (χ4n) is 2.67. The lowest BCUT2D eigenvalue weighted by Crippen LogP contribution is -2.09. The molecule has 0 aliphatic carbocycles. The summed E-state index contributed by atoms with van der Waals surface area (Å²) in [6.45, 7) is 0. The van der Waals surface area contributed by atoms with Gasteiger partial charge in [0.25, 0.3) is 0 Å². The number of pyridine rings is 1. The van der Waals surface area contributed by atoms with Crippen LogP contribution in [-0.4, -0.2) is 27.1 Å². The van der Waals surface area contributed by atoms with Crippen LogP contribution in [0.5, 0.6) is 17.6 Å². The van der Waals surface area contributed by atoms with Crippen LogP contribution in [0.4, 0.5) is 20.2 Å². The summed E-state index contributed by atoms with van der Waals surface area (Å²) in [6, 6.07) is 12.1. The summed E-state index contributed by atoms with van der Waals surface area (Å²) in [6.07, 6.45) is 3.04. The lowest BCUT2D eigenvalue weighted by atomic mass is 10.2. The molecule has 0 aliphatic rings. The average molecular weight is 380 g/mol. The topological polar surface area (TPSA) is 71.4 Å². The molecule has 8 heteroatoms. The van der Waals surface area contributed by atoms with Crippen molar-refractivity contribution in [3.8, 4) is 17.6 Å². The van der Waals surface area contributed by atoms with Crippen LogP contribution in [0.2, 0.25) is 0 Å². The lowest BCUT2D eigenvalue weighted by Gasteiger charge is -2.20. The molecule has 2 aromatic heterocycles. The normalized spacial score (nSPS) is 10.8. The molecule has 0 saturated carbocycles. The third kappa shape index (κ3) is 3.39. The second kappa shape index (κ2) is 7.07. The third-order valence-electron chi connectivity index (χ3n) is 4.18.